The lowest BCUT2D eigenvalue weighted by Crippen LogP contribution is -2.25. The monoisotopic (exact) mass is 280 g/mol. The topological polar surface area (TPSA) is 73.6 Å². The quantitative estimate of drug-likeness (QED) is 0.507. The second-order valence-electron chi connectivity index (χ2n) is 4.57. The van der Waals surface area contributed by atoms with Crippen LogP contribution in [0.3, 0.4) is 0 Å². The first kappa shape index (κ1) is 16.3. The van der Waals surface area contributed by atoms with Crippen molar-refractivity contribution < 1.29 is 14.3 Å². The number of amides is 1. The molecule has 0 aromatic heterocycles. The van der Waals surface area contributed by atoms with Gasteiger partial charge < -0.3 is 20.5 Å². The van der Waals surface area contributed by atoms with Gasteiger partial charge in [0.25, 0.3) is 0 Å². The molecule has 5 nitrogen and oxygen atoms in total. The third kappa shape index (κ3) is 7.63. The van der Waals surface area contributed by atoms with Gasteiger partial charge in [0.2, 0.25) is 5.91 Å². The number of anilines is 1. The smallest absolute Gasteiger partial charge is 0.223 e. The fourth-order valence-corrected chi connectivity index (χ4v) is 1.73. The minimum Gasteiger partial charge on any atom is -0.493 e. The lowest BCUT2D eigenvalue weighted by molar-refractivity contribution is -0.121. The molecule has 5 heteroatoms. The molecule has 0 radical (unpaired) electrons. The van der Waals surface area contributed by atoms with E-state index in [4.69, 9.17) is 15.2 Å². The standard InChI is InChI=1S/C15H24N2O3/c1-19-10-4-2-3-9-17-15(18)8-11-20-14-7-5-6-13(16)12-14/h5-7,12H,2-4,8-11,16H2,1H3,(H,17,18). The van der Waals surface area contributed by atoms with Crippen LogP contribution >= 0.6 is 0 Å². The average molecular weight is 280 g/mol. The number of hydrogen-bond donors (Lipinski definition) is 2. The molecular formula is C15H24N2O3. The summed E-state index contributed by atoms with van der Waals surface area (Å²) < 4.78 is 10.4. The van der Waals surface area contributed by atoms with Gasteiger partial charge in [-0.3, -0.25) is 4.79 Å². The summed E-state index contributed by atoms with van der Waals surface area (Å²) in [7, 11) is 1.70. The number of ether oxygens (including phenoxy) is 2. The number of methoxy groups -OCH3 is 1. The van der Waals surface area contributed by atoms with Crippen LogP contribution in [-0.2, 0) is 9.53 Å². The van der Waals surface area contributed by atoms with Gasteiger partial charge in [-0.25, -0.2) is 0 Å². The molecule has 0 unspecified atom stereocenters. The molecule has 1 amide bonds. The van der Waals surface area contributed by atoms with Gasteiger partial charge in [-0.05, 0) is 31.4 Å². The van der Waals surface area contributed by atoms with Crippen LogP contribution < -0.4 is 15.8 Å². The minimum atomic E-state index is 0.0145. The van der Waals surface area contributed by atoms with E-state index in [0.29, 0.717) is 31.0 Å². The van der Waals surface area contributed by atoms with E-state index < -0.39 is 0 Å². The van der Waals surface area contributed by atoms with Gasteiger partial charge in [0.05, 0.1) is 13.0 Å². The maximum Gasteiger partial charge on any atom is 0.223 e. The third-order valence-electron chi connectivity index (χ3n) is 2.80. The van der Waals surface area contributed by atoms with Gasteiger partial charge >= 0.3 is 0 Å². The van der Waals surface area contributed by atoms with E-state index in [1.165, 1.54) is 0 Å². The molecule has 0 fully saturated rings. The van der Waals surface area contributed by atoms with Gasteiger partial charge in [-0.1, -0.05) is 6.07 Å². The molecule has 1 aromatic carbocycles. The zero-order valence-electron chi connectivity index (χ0n) is 12.1. The molecule has 0 spiro atoms. The van der Waals surface area contributed by atoms with Crippen molar-refractivity contribution in [3.05, 3.63) is 24.3 Å². The Bertz CT molecular complexity index is 396. The highest BCUT2D eigenvalue weighted by atomic mass is 16.5. The van der Waals surface area contributed by atoms with Gasteiger partial charge in [-0.2, -0.15) is 0 Å². The van der Waals surface area contributed by atoms with Crippen LogP contribution in [0, 0.1) is 0 Å². The lowest BCUT2D eigenvalue weighted by Gasteiger charge is -2.07. The first-order valence-corrected chi connectivity index (χ1v) is 6.96. The predicted molar refractivity (Wildman–Crippen MR) is 79.7 cm³/mol. The highest BCUT2D eigenvalue weighted by Crippen LogP contribution is 2.14. The van der Waals surface area contributed by atoms with Gasteiger partial charge in [0.1, 0.15) is 5.75 Å². The third-order valence-corrected chi connectivity index (χ3v) is 2.80. The zero-order valence-corrected chi connectivity index (χ0v) is 12.1. The summed E-state index contributed by atoms with van der Waals surface area (Å²) in [6.07, 6.45) is 3.43. The van der Waals surface area contributed by atoms with Crippen LogP contribution in [-0.4, -0.2) is 32.8 Å². The number of unbranched alkanes of at least 4 members (excludes halogenated alkanes) is 2. The number of benzene rings is 1. The molecule has 0 aliphatic heterocycles. The largest absolute Gasteiger partial charge is 0.493 e. The Hall–Kier alpha value is -1.75. The molecule has 0 saturated carbocycles. The Morgan fingerprint density at radius 3 is 2.85 bits per heavy atom. The van der Waals surface area contributed by atoms with Crippen LogP contribution in [0.4, 0.5) is 5.69 Å². The molecule has 112 valence electrons. The van der Waals surface area contributed by atoms with Crippen LogP contribution in [0.5, 0.6) is 5.75 Å². The summed E-state index contributed by atoms with van der Waals surface area (Å²) in [6.45, 7) is 1.85. The number of nitrogens with two attached hydrogens (primary N) is 1. The molecule has 3 N–H and O–H groups in total. The Morgan fingerprint density at radius 2 is 2.10 bits per heavy atom. The average Bonchev–Trinajstić information content (AvgIpc) is 2.43. The molecule has 0 aliphatic rings. The summed E-state index contributed by atoms with van der Waals surface area (Å²) in [5, 5.41) is 2.87. The van der Waals surface area contributed by atoms with E-state index in [2.05, 4.69) is 5.32 Å². The van der Waals surface area contributed by atoms with Crippen molar-refractivity contribution >= 4 is 11.6 Å². The number of carbonyl (C=O) groups excluding carboxylic acids is 1. The first-order chi connectivity index (χ1) is 9.72. The number of nitrogens with one attached hydrogen (secondary N) is 1. The van der Waals surface area contributed by atoms with Gasteiger partial charge in [-0.15, -0.1) is 0 Å². The summed E-state index contributed by atoms with van der Waals surface area (Å²) in [6, 6.07) is 7.19. The van der Waals surface area contributed by atoms with Gasteiger partial charge in [0.15, 0.2) is 0 Å². The van der Waals surface area contributed by atoms with E-state index in [1.54, 1.807) is 19.2 Å². The molecule has 0 heterocycles. The number of carbonyl (C=O) groups is 1. The number of hydrogen-bond acceptors (Lipinski definition) is 4. The Morgan fingerprint density at radius 1 is 1.25 bits per heavy atom. The highest BCUT2D eigenvalue weighted by Gasteiger charge is 2.01. The van der Waals surface area contributed by atoms with Crippen molar-refractivity contribution in [3.8, 4) is 5.75 Å². The molecule has 0 bridgehead atoms. The second-order valence-corrected chi connectivity index (χ2v) is 4.57. The second kappa shape index (κ2) is 10.1. The summed E-state index contributed by atoms with van der Waals surface area (Å²) in [5.74, 6) is 0.706. The van der Waals surface area contributed by atoms with E-state index in [1.807, 2.05) is 12.1 Å². The zero-order chi connectivity index (χ0) is 14.6. The van der Waals surface area contributed by atoms with Crippen molar-refractivity contribution in [3.63, 3.8) is 0 Å². The number of rotatable bonds is 10. The maximum atomic E-state index is 11.5. The van der Waals surface area contributed by atoms with Crippen LogP contribution in [0.1, 0.15) is 25.7 Å². The van der Waals surface area contributed by atoms with Crippen molar-refractivity contribution in [2.24, 2.45) is 0 Å². The number of nitrogen functional groups attached to an aromatic ring is 1. The van der Waals surface area contributed by atoms with Crippen molar-refractivity contribution in [1.82, 2.24) is 5.32 Å². The first-order valence-electron chi connectivity index (χ1n) is 6.96. The summed E-state index contributed by atoms with van der Waals surface area (Å²) in [5.41, 5.74) is 6.29. The van der Waals surface area contributed by atoms with E-state index in [9.17, 15) is 4.79 Å². The summed E-state index contributed by atoms with van der Waals surface area (Å²) >= 11 is 0. The van der Waals surface area contributed by atoms with Crippen molar-refractivity contribution in [1.29, 1.82) is 0 Å². The molecule has 1 aromatic rings. The molecule has 0 atom stereocenters. The Kier molecular flexibility index (Phi) is 8.22. The van der Waals surface area contributed by atoms with Crippen molar-refractivity contribution in [2.75, 3.05) is 32.6 Å². The van der Waals surface area contributed by atoms with Gasteiger partial charge in [0, 0.05) is 32.0 Å². The molecule has 20 heavy (non-hydrogen) atoms. The molecular weight excluding hydrogens is 256 g/mol. The Labute approximate surface area is 120 Å². The normalized spacial score (nSPS) is 10.2. The van der Waals surface area contributed by atoms with E-state index in [0.717, 1.165) is 25.9 Å². The summed E-state index contributed by atoms with van der Waals surface area (Å²) in [4.78, 5) is 11.5. The van der Waals surface area contributed by atoms with Crippen molar-refractivity contribution in [2.45, 2.75) is 25.7 Å². The fourth-order valence-electron chi connectivity index (χ4n) is 1.73. The van der Waals surface area contributed by atoms with Crippen LogP contribution in [0.15, 0.2) is 24.3 Å². The SMILES string of the molecule is COCCCCCNC(=O)CCOc1cccc(N)c1. The van der Waals surface area contributed by atoms with Crippen LogP contribution in [0.2, 0.25) is 0 Å². The molecule has 1 rings (SSSR count). The Balaban J connectivity index is 2.03. The highest BCUT2D eigenvalue weighted by molar-refractivity contribution is 5.75. The van der Waals surface area contributed by atoms with E-state index in [-0.39, 0.29) is 5.91 Å². The molecule has 0 aliphatic carbocycles. The minimum absolute atomic E-state index is 0.0145. The maximum absolute atomic E-state index is 11.5. The predicted octanol–water partition coefficient (Wildman–Crippen LogP) is 1.97. The van der Waals surface area contributed by atoms with E-state index >= 15 is 0 Å². The molecule has 0 saturated heterocycles. The fraction of sp³-hybridized carbons (Fsp3) is 0.533. The van der Waals surface area contributed by atoms with Crippen LogP contribution in [0.25, 0.3) is 0 Å². The lowest BCUT2D eigenvalue weighted by atomic mass is 10.2.